The molecule has 1 heterocycles. The van der Waals surface area contributed by atoms with Crippen molar-refractivity contribution in [3.63, 3.8) is 0 Å². The number of carbonyl (C=O) groups excluding carboxylic acids is 2. The van der Waals surface area contributed by atoms with Crippen molar-refractivity contribution in [2.45, 2.75) is 39.3 Å². The highest BCUT2D eigenvalue weighted by atomic mass is 32.2. The molecule has 9 nitrogen and oxygen atoms in total. The lowest BCUT2D eigenvalue weighted by atomic mass is 10.1. The van der Waals surface area contributed by atoms with E-state index in [1.807, 2.05) is 6.92 Å². The number of carbonyl (C=O) groups is 2. The number of halogens is 1. The van der Waals surface area contributed by atoms with Crippen LogP contribution in [-0.2, 0) is 26.2 Å². The predicted octanol–water partition coefficient (Wildman–Crippen LogP) is 2.65. The fraction of sp³-hybridized carbons (Fsp3) is 0.417. The van der Waals surface area contributed by atoms with Crippen molar-refractivity contribution in [2.24, 2.45) is 0 Å². The molecular weight excluding hydrogens is 477 g/mol. The Hall–Kier alpha value is -3.34. The molecule has 190 valence electrons. The Bertz CT molecular complexity index is 1160. The molecule has 1 aliphatic rings. The van der Waals surface area contributed by atoms with Crippen LogP contribution in [0.2, 0.25) is 0 Å². The number of ether oxygens (including phenoxy) is 2. The van der Waals surface area contributed by atoms with E-state index in [1.165, 1.54) is 41.3 Å². The summed E-state index contributed by atoms with van der Waals surface area (Å²) in [6.45, 7) is 3.52. The number of anilines is 1. The molecule has 0 bridgehead atoms. The third-order valence-corrected chi connectivity index (χ3v) is 6.73. The van der Waals surface area contributed by atoms with Gasteiger partial charge in [0.25, 0.3) is 0 Å². The van der Waals surface area contributed by atoms with Crippen LogP contribution in [0.25, 0.3) is 0 Å². The maximum atomic E-state index is 13.5. The molecule has 3 rings (SSSR count). The highest BCUT2D eigenvalue weighted by Crippen LogP contribution is 2.36. The fourth-order valence-electron chi connectivity index (χ4n) is 3.56. The van der Waals surface area contributed by atoms with Crippen LogP contribution in [-0.4, -0.2) is 57.3 Å². The summed E-state index contributed by atoms with van der Waals surface area (Å²) in [4.78, 5) is 27.5. The molecule has 0 aliphatic carbocycles. The van der Waals surface area contributed by atoms with Gasteiger partial charge in [-0.05, 0) is 43.2 Å². The first-order valence-electron chi connectivity index (χ1n) is 11.3. The zero-order valence-electron chi connectivity index (χ0n) is 20.0. The van der Waals surface area contributed by atoms with Gasteiger partial charge in [0.15, 0.2) is 11.5 Å². The Kier molecular flexibility index (Phi) is 8.55. The van der Waals surface area contributed by atoms with Crippen molar-refractivity contribution in [2.75, 3.05) is 30.4 Å². The first kappa shape index (κ1) is 26.3. The number of amides is 2. The van der Waals surface area contributed by atoms with Gasteiger partial charge in [0.05, 0.1) is 11.9 Å². The summed E-state index contributed by atoms with van der Waals surface area (Å²) in [6, 6.07) is 9.25. The van der Waals surface area contributed by atoms with E-state index < -0.39 is 34.3 Å². The topological polar surface area (TPSA) is 105 Å². The molecule has 35 heavy (non-hydrogen) atoms. The molecule has 0 spiro atoms. The second-order valence-corrected chi connectivity index (χ2v) is 10.2. The Morgan fingerprint density at radius 1 is 1.11 bits per heavy atom. The smallest absolute Gasteiger partial charge is 0.244 e. The van der Waals surface area contributed by atoms with E-state index in [1.54, 1.807) is 13.0 Å². The first-order chi connectivity index (χ1) is 16.6. The lowest BCUT2D eigenvalue weighted by Crippen LogP contribution is -2.51. The SMILES string of the molecule is CCCCNC(=O)[C@@H](C)N(Cc1ccc(F)cc1)C(=O)CN(c1ccc2c(c1)OCO2)S(C)(=O)=O. The fourth-order valence-corrected chi connectivity index (χ4v) is 4.40. The number of sulfonamides is 1. The van der Waals surface area contributed by atoms with E-state index >= 15 is 0 Å². The van der Waals surface area contributed by atoms with Crippen LogP contribution < -0.4 is 19.1 Å². The predicted molar refractivity (Wildman–Crippen MR) is 129 cm³/mol. The van der Waals surface area contributed by atoms with Crippen LogP contribution in [0.1, 0.15) is 32.3 Å². The molecule has 11 heteroatoms. The minimum atomic E-state index is -3.87. The quantitative estimate of drug-likeness (QED) is 0.469. The van der Waals surface area contributed by atoms with Crippen LogP contribution in [0.15, 0.2) is 42.5 Å². The molecule has 1 atom stereocenters. The average Bonchev–Trinajstić information content (AvgIpc) is 3.29. The van der Waals surface area contributed by atoms with Crippen molar-refractivity contribution < 1.29 is 31.9 Å². The number of hydrogen-bond donors (Lipinski definition) is 1. The molecule has 2 amide bonds. The van der Waals surface area contributed by atoms with Gasteiger partial charge in [0.1, 0.15) is 18.4 Å². The Morgan fingerprint density at radius 2 is 1.80 bits per heavy atom. The van der Waals surface area contributed by atoms with Gasteiger partial charge in [-0.25, -0.2) is 12.8 Å². The van der Waals surface area contributed by atoms with Crippen molar-refractivity contribution in [1.82, 2.24) is 10.2 Å². The third kappa shape index (κ3) is 6.84. The Balaban J connectivity index is 1.87. The van der Waals surface area contributed by atoms with Gasteiger partial charge < -0.3 is 19.7 Å². The molecular formula is C24H30FN3O6S. The number of fused-ring (bicyclic) bond motifs is 1. The number of hydrogen-bond acceptors (Lipinski definition) is 6. The molecule has 0 fully saturated rings. The van der Waals surface area contributed by atoms with Crippen molar-refractivity contribution in [3.8, 4) is 11.5 Å². The summed E-state index contributed by atoms with van der Waals surface area (Å²) in [5.41, 5.74) is 0.828. The van der Waals surface area contributed by atoms with Crippen LogP contribution in [0, 0.1) is 5.82 Å². The number of nitrogens with one attached hydrogen (secondary N) is 1. The van der Waals surface area contributed by atoms with E-state index in [0.29, 0.717) is 23.6 Å². The molecule has 2 aromatic carbocycles. The highest BCUT2D eigenvalue weighted by molar-refractivity contribution is 7.92. The number of nitrogens with zero attached hydrogens (tertiary/aromatic N) is 2. The van der Waals surface area contributed by atoms with Gasteiger partial charge in [-0.15, -0.1) is 0 Å². The van der Waals surface area contributed by atoms with Crippen molar-refractivity contribution in [1.29, 1.82) is 0 Å². The Labute approximate surface area is 204 Å². The van der Waals surface area contributed by atoms with Crippen LogP contribution in [0.5, 0.6) is 11.5 Å². The summed E-state index contributed by atoms with van der Waals surface area (Å²) < 4.78 is 50.2. The first-order valence-corrected chi connectivity index (χ1v) is 13.1. The van der Waals surface area contributed by atoms with E-state index in [0.717, 1.165) is 23.4 Å². The molecule has 0 aromatic heterocycles. The molecule has 0 radical (unpaired) electrons. The summed E-state index contributed by atoms with van der Waals surface area (Å²) in [5, 5.41) is 2.80. The van der Waals surface area contributed by atoms with Crippen molar-refractivity contribution >= 4 is 27.5 Å². The summed E-state index contributed by atoms with van der Waals surface area (Å²) in [7, 11) is -3.87. The van der Waals surface area contributed by atoms with Gasteiger partial charge >= 0.3 is 0 Å². The zero-order chi connectivity index (χ0) is 25.6. The van der Waals surface area contributed by atoms with Crippen molar-refractivity contribution in [3.05, 3.63) is 53.8 Å². The molecule has 1 N–H and O–H groups in total. The van der Waals surface area contributed by atoms with Gasteiger partial charge in [-0.3, -0.25) is 13.9 Å². The van der Waals surface area contributed by atoms with Crippen LogP contribution in [0.4, 0.5) is 10.1 Å². The van der Waals surface area contributed by atoms with Gasteiger partial charge in [-0.2, -0.15) is 0 Å². The van der Waals surface area contributed by atoms with E-state index in [9.17, 15) is 22.4 Å². The summed E-state index contributed by atoms with van der Waals surface area (Å²) in [5.74, 6) is -0.527. The third-order valence-electron chi connectivity index (χ3n) is 5.59. The maximum Gasteiger partial charge on any atom is 0.244 e. The molecule has 0 saturated heterocycles. The maximum absolute atomic E-state index is 13.5. The van der Waals surface area contributed by atoms with E-state index in [-0.39, 0.29) is 24.9 Å². The van der Waals surface area contributed by atoms with Crippen LogP contribution in [0.3, 0.4) is 0 Å². The number of benzene rings is 2. The molecule has 0 saturated carbocycles. The van der Waals surface area contributed by atoms with Gasteiger partial charge in [0.2, 0.25) is 28.6 Å². The summed E-state index contributed by atoms with van der Waals surface area (Å²) in [6.07, 6.45) is 2.68. The molecule has 2 aromatic rings. The van der Waals surface area contributed by atoms with Crippen LogP contribution >= 0.6 is 0 Å². The second-order valence-electron chi connectivity index (χ2n) is 8.28. The standard InChI is InChI=1S/C24H30FN3O6S/c1-4-5-12-26-24(30)17(2)27(14-18-6-8-19(25)9-7-18)23(29)15-28(35(3,31)32)20-10-11-21-22(13-20)34-16-33-21/h6-11,13,17H,4-5,12,14-16H2,1-3H3,(H,26,30)/t17-/m1/s1. The molecule has 1 aliphatic heterocycles. The minimum absolute atomic E-state index is 0.000217. The van der Waals surface area contributed by atoms with E-state index in [2.05, 4.69) is 5.32 Å². The van der Waals surface area contributed by atoms with E-state index in [4.69, 9.17) is 9.47 Å². The molecule has 0 unspecified atom stereocenters. The number of unbranched alkanes of at least 4 members (excludes halogenated alkanes) is 1. The van der Waals surface area contributed by atoms with Gasteiger partial charge in [0, 0.05) is 19.2 Å². The van der Waals surface area contributed by atoms with Gasteiger partial charge in [-0.1, -0.05) is 25.5 Å². The average molecular weight is 508 g/mol. The monoisotopic (exact) mass is 507 g/mol. The minimum Gasteiger partial charge on any atom is -0.454 e. The largest absolute Gasteiger partial charge is 0.454 e. The normalized spacial score (nSPS) is 13.3. The zero-order valence-corrected chi connectivity index (χ0v) is 20.8. The second kappa shape index (κ2) is 11.4. The summed E-state index contributed by atoms with van der Waals surface area (Å²) >= 11 is 0. The lowest BCUT2D eigenvalue weighted by molar-refractivity contribution is -0.139. The highest BCUT2D eigenvalue weighted by Gasteiger charge is 2.30. The lowest BCUT2D eigenvalue weighted by Gasteiger charge is -2.31. The Morgan fingerprint density at radius 3 is 2.46 bits per heavy atom. The number of rotatable bonds is 11.